The molecule has 0 unspecified atom stereocenters. The minimum absolute atomic E-state index is 0.112. The SMILES string of the molecule is CCC1(CCC(=O)[C@H]2O[C@@H]2C)OCCO1. The Labute approximate surface area is 89.9 Å². The summed E-state index contributed by atoms with van der Waals surface area (Å²) in [5.41, 5.74) is 0. The number of epoxide rings is 1. The van der Waals surface area contributed by atoms with Crippen LogP contribution < -0.4 is 0 Å². The lowest BCUT2D eigenvalue weighted by atomic mass is 10.0. The molecule has 2 aliphatic rings. The zero-order chi connectivity index (χ0) is 10.9. The normalized spacial score (nSPS) is 32.9. The fourth-order valence-electron chi connectivity index (χ4n) is 2.00. The second-order valence-corrected chi connectivity index (χ2v) is 4.19. The summed E-state index contributed by atoms with van der Waals surface area (Å²) in [7, 11) is 0. The second-order valence-electron chi connectivity index (χ2n) is 4.19. The minimum Gasteiger partial charge on any atom is -0.362 e. The Morgan fingerprint density at radius 2 is 2.00 bits per heavy atom. The van der Waals surface area contributed by atoms with Gasteiger partial charge in [0.1, 0.15) is 6.10 Å². The first-order chi connectivity index (χ1) is 7.17. The Morgan fingerprint density at radius 3 is 2.47 bits per heavy atom. The van der Waals surface area contributed by atoms with Crippen molar-refractivity contribution in [3.05, 3.63) is 0 Å². The third-order valence-electron chi connectivity index (χ3n) is 3.13. The van der Waals surface area contributed by atoms with Gasteiger partial charge in [-0.3, -0.25) is 4.79 Å². The molecular weight excluding hydrogens is 196 g/mol. The number of carbonyl (C=O) groups is 1. The Bertz CT molecular complexity index is 245. The molecule has 4 heteroatoms. The number of carbonyl (C=O) groups excluding carboxylic acids is 1. The third kappa shape index (κ3) is 2.38. The predicted octanol–water partition coefficient (Wildman–Crippen LogP) is 1.28. The van der Waals surface area contributed by atoms with E-state index in [0.29, 0.717) is 26.1 Å². The number of rotatable bonds is 5. The Balaban J connectivity index is 1.78. The Morgan fingerprint density at radius 1 is 1.40 bits per heavy atom. The van der Waals surface area contributed by atoms with Gasteiger partial charge in [-0.25, -0.2) is 0 Å². The molecule has 0 bridgehead atoms. The van der Waals surface area contributed by atoms with Crippen LogP contribution in [-0.4, -0.2) is 37.0 Å². The van der Waals surface area contributed by atoms with Crippen LogP contribution in [0.4, 0.5) is 0 Å². The number of Topliss-reactive ketones (excluding diaryl/α,β-unsaturated/α-hetero) is 1. The van der Waals surface area contributed by atoms with Crippen LogP contribution in [0, 0.1) is 0 Å². The molecule has 0 radical (unpaired) electrons. The van der Waals surface area contributed by atoms with Crippen molar-refractivity contribution in [2.75, 3.05) is 13.2 Å². The summed E-state index contributed by atoms with van der Waals surface area (Å²) in [4.78, 5) is 11.6. The van der Waals surface area contributed by atoms with Crippen LogP contribution in [-0.2, 0) is 19.0 Å². The van der Waals surface area contributed by atoms with Crippen LogP contribution in [0.15, 0.2) is 0 Å². The highest BCUT2D eigenvalue weighted by Crippen LogP contribution is 2.31. The van der Waals surface area contributed by atoms with Crippen molar-refractivity contribution < 1.29 is 19.0 Å². The average molecular weight is 214 g/mol. The van der Waals surface area contributed by atoms with E-state index in [0.717, 1.165) is 6.42 Å². The lowest BCUT2D eigenvalue weighted by Gasteiger charge is -2.25. The number of hydrogen-bond acceptors (Lipinski definition) is 4. The predicted molar refractivity (Wildman–Crippen MR) is 53.5 cm³/mol. The van der Waals surface area contributed by atoms with Gasteiger partial charge in [-0.05, 0) is 13.3 Å². The van der Waals surface area contributed by atoms with Crippen LogP contribution in [0.3, 0.4) is 0 Å². The highest BCUT2D eigenvalue weighted by molar-refractivity contribution is 5.85. The van der Waals surface area contributed by atoms with Gasteiger partial charge < -0.3 is 14.2 Å². The van der Waals surface area contributed by atoms with E-state index in [1.165, 1.54) is 0 Å². The molecule has 0 aromatic carbocycles. The lowest BCUT2D eigenvalue weighted by Crippen LogP contribution is -2.30. The zero-order valence-corrected chi connectivity index (χ0v) is 9.32. The van der Waals surface area contributed by atoms with Crippen molar-refractivity contribution in [2.24, 2.45) is 0 Å². The van der Waals surface area contributed by atoms with E-state index < -0.39 is 5.79 Å². The van der Waals surface area contributed by atoms with E-state index in [4.69, 9.17) is 14.2 Å². The molecular formula is C11H18O4. The topological polar surface area (TPSA) is 48.1 Å². The maximum absolute atomic E-state index is 11.6. The largest absolute Gasteiger partial charge is 0.362 e. The smallest absolute Gasteiger partial charge is 0.168 e. The Kier molecular flexibility index (Phi) is 3.09. The first-order valence-corrected chi connectivity index (χ1v) is 5.63. The zero-order valence-electron chi connectivity index (χ0n) is 9.32. The monoisotopic (exact) mass is 214 g/mol. The molecule has 2 rings (SSSR count). The lowest BCUT2D eigenvalue weighted by molar-refractivity contribution is -0.166. The van der Waals surface area contributed by atoms with Gasteiger partial charge in [0.2, 0.25) is 0 Å². The molecule has 0 saturated carbocycles. The number of ketones is 1. The first kappa shape index (κ1) is 11.0. The van der Waals surface area contributed by atoms with Crippen LogP contribution in [0.5, 0.6) is 0 Å². The number of ether oxygens (including phenoxy) is 3. The molecule has 4 nitrogen and oxygen atoms in total. The van der Waals surface area contributed by atoms with Crippen molar-refractivity contribution in [3.63, 3.8) is 0 Å². The molecule has 86 valence electrons. The summed E-state index contributed by atoms with van der Waals surface area (Å²) in [6.07, 6.45) is 1.87. The minimum atomic E-state index is -0.506. The van der Waals surface area contributed by atoms with Crippen LogP contribution in [0.1, 0.15) is 33.1 Å². The molecule has 0 N–H and O–H groups in total. The molecule has 2 fully saturated rings. The van der Waals surface area contributed by atoms with Gasteiger partial charge in [0.25, 0.3) is 0 Å². The van der Waals surface area contributed by atoms with Crippen LogP contribution in [0.25, 0.3) is 0 Å². The fraction of sp³-hybridized carbons (Fsp3) is 0.909. The highest BCUT2D eigenvalue weighted by Gasteiger charge is 2.42. The van der Waals surface area contributed by atoms with Crippen molar-refractivity contribution in [1.29, 1.82) is 0 Å². The van der Waals surface area contributed by atoms with Gasteiger partial charge in [-0.1, -0.05) is 6.92 Å². The summed E-state index contributed by atoms with van der Waals surface area (Å²) in [5, 5.41) is 0. The summed E-state index contributed by atoms with van der Waals surface area (Å²) in [6.45, 7) is 5.21. The standard InChI is InChI=1S/C11H18O4/c1-3-11(13-6-7-14-11)5-4-9(12)10-8(2)15-10/h8,10H,3-7H2,1-2H3/t8-,10+/m1/s1. The first-order valence-electron chi connectivity index (χ1n) is 5.63. The molecule has 0 aromatic rings. The molecule has 15 heavy (non-hydrogen) atoms. The summed E-state index contributed by atoms with van der Waals surface area (Å²) >= 11 is 0. The van der Waals surface area contributed by atoms with E-state index in [-0.39, 0.29) is 18.0 Å². The molecule has 2 heterocycles. The van der Waals surface area contributed by atoms with E-state index in [1.54, 1.807) is 0 Å². The molecule has 0 aliphatic carbocycles. The van der Waals surface area contributed by atoms with Gasteiger partial charge in [0, 0.05) is 12.8 Å². The van der Waals surface area contributed by atoms with Gasteiger partial charge >= 0.3 is 0 Å². The fourth-order valence-corrected chi connectivity index (χ4v) is 2.00. The maximum Gasteiger partial charge on any atom is 0.168 e. The third-order valence-corrected chi connectivity index (χ3v) is 3.13. The van der Waals surface area contributed by atoms with Crippen LogP contribution in [0.2, 0.25) is 0 Å². The Hall–Kier alpha value is -0.450. The van der Waals surface area contributed by atoms with Crippen molar-refractivity contribution in [3.8, 4) is 0 Å². The average Bonchev–Trinajstić information content (AvgIpc) is 2.81. The van der Waals surface area contributed by atoms with Crippen molar-refractivity contribution >= 4 is 5.78 Å². The molecule has 2 saturated heterocycles. The molecule has 0 spiro atoms. The molecule has 2 aliphatic heterocycles. The van der Waals surface area contributed by atoms with Gasteiger partial charge in [0.05, 0.1) is 19.3 Å². The second kappa shape index (κ2) is 4.20. The van der Waals surface area contributed by atoms with Gasteiger partial charge in [0.15, 0.2) is 11.6 Å². The molecule has 0 aromatic heterocycles. The van der Waals surface area contributed by atoms with Crippen molar-refractivity contribution in [2.45, 2.75) is 51.1 Å². The van der Waals surface area contributed by atoms with E-state index >= 15 is 0 Å². The maximum atomic E-state index is 11.6. The van der Waals surface area contributed by atoms with Gasteiger partial charge in [-0.2, -0.15) is 0 Å². The molecule has 2 atom stereocenters. The van der Waals surface area contributed by atoms with E-state index in [9.17, 15) is 4.79 Å². The summed E-state index contributed by atoms with van der Waals surface area (Å²) in [6, 6.07) is 0. The quantitative estimate of drug-likeness (QED) is 0.647. The summed E-state index contributed by atoms with van der Waals surface area (Å²) in [5.74, 6) is -0.331. The molecule has 0 amide bonds. The van der Waals surface area contributed by atoms with E-state index in [1.807, 2.05) is 13.8 Å². The van der Waals surface area contributed by atoms with Crippen molar-refractivity contribution in [1.82, 2.24) is 0 Å². The van der Waals surface area contributed by atoms with Gasteiger partial charge in [-0.15, -0.1) is 0 Å². The number of hydrogen-bond donors (Lipinski definition) is 0. The van der Waals surface area contributed by atoms with E-state index in [2.05, 4.69) is 0 Å². The highest BCUT2D eigenvalue weighted by atomic mass is 16.7. The van der Waals surface area contributed by atoms with Crippen LogP contribution >= 0.6 is 0 Å². The summed E-state index contributed by atoms with van der Waals surface area (Å²) < 4.78 is 16.2.